The third-order valence-electron chi connectivity index (χ3n) is 3.88. The summed E-state index contributed by atoms with van der Waals surface area (Å²) in [6, 6.07) is 5.41. The second kappa shape index (κ2) is 7.93. The SMILES string of the molecule is C=C/C(=C(/C#N)NC)c1cc(OC2C=CCCC2)cc(C(F)(F)F)c1. The van der Waals surface area contributed by atoms with Crippen LogP contribution in [0.2, 0.25) is 0 Å². The molecule has 0 radical (unpaired) electrons. The molecular weight excluding hydrogens is 329 g/mol. The number of halogens is 3. The summed E-state index contributed by atoms with van der Waals surface area (Å²) in [4.78, 5) is 0. The first-order valence-electron chi connectivity index (χ1n) is 7.89. The molecule has 0 saturated heterocycles. The van der Waals surface area contributed by atoms with Gasteiger partial charge in [-0.25, -0.2) is 0 Å². The minimum Gasteiger partial charge on any atom is -0.486 e. The van der Waals surface area contributed by atoms with Crippen molar-refractivity contribution in [3.05, 3.63) is 59.8 Å². The van der Waals surface area contributed by atoms with Gasteiger partial charge in [-0.05, 0) is 49.1 Å². The van der Waals surface area contributed by atoms with Gasteiger partial charge in [-0.3, -0.25) is 0 Å². The summed E-state index contributed by atoms with van der Waals surface area (Å²) >= 11 is 0. The lowest BCUT2D eigenvalue weighted by atomic mass is 10.00. The molecule has 0 spiro atoms. The summed E-state index contributed by atoms with van der Waals surface area (Å²) in [6.45, 7) is 3.61. The maximum absolute atomic E-state index is 13.3. The summed E-state index contributed by atoms with van der Waals surface area (Å²) < 4.78 is 45.5. The highest BCUT2D eigenvalue weighted by atomic mass is 19.4. The van der Waals surface area contributed by atoms with E-state index in [0.29, 0.717) is 5.57 Å². The number of rotatable bonds is 5. The number of nitrogens with one attached hydrogen (secondary N) is 1. The highest BCUT2D eigenvalue weighted by Gasteiger charge is 2.32. The highest BCUT2D eigenvalue weighted by Crippen LogP contribution is 2.35. The van der Waals surface area contributed by atoms with Gasteiger partial charge in [-0.1, -0.05) is 18.7 Å². The third-order valence-corrected chi connectivity index (χ3v) is 3.88. The number of nitrogens with zero attached hydrogens (tertiary/aromatic N) is 1. The molecule has 0 aliphatic heterocycles. The quantitative estimate of drug-likeness (QED) is 0.471. The van der Waals surface area contributed by atoms with Crippen LogP contribution >= 0.6 is 0 Å². The second-order valence-electron chi connectivity index (χ2n) is 5.61. The number of alkyl halides is 3. The van der Waals surface area contributed by atoms with Crippen LogP contribution in [0.25, 0.3) is 5.57 Å². The van der Waals surface area contributed by atoms with E-state index in [4.69, 9.17) is 10.00 Å². The number of ether oxygens (including phenoxy) is 1. The van der Waals surface area contributed by atoms with E-state index in [1.54, 1.807) is 0 Å². The fraction of sp³-hybridized carbons (Fsp3) is 0.316. The van der Waals surface area contributed by atoms with Crippen LogP contribution in [0.15, 0.2) is 48.7 Å². The van der Waals surface area contributed by atoms with Gasteiger partial charge in [0.25, 0.3) is 0 Å². The molecule has 3 nitrogen and oxygen atoms in total. The van der Waals surface area contributed by atoms with E-state index in [0.717, 1.165) is 31.4 Å². The largest absolute Gasteiger partial charge is 0.486 e. The van der Waals surface area contributed by atoms with Crippen molar-refractivity contribution in [2.75, 3.05) is 7.05 Å². The van der Waals surface area contributed by atoms with Crippen molar-refractivity contribution in [3.63, 3.8) is 0 Å². The van der Waals surface area contributed by atoms with E-state index in [1.807, 2.05) is 18.2 Å². The molecule has 1 aromatic carbocycles. The molecule has 1 unspecified atom stereocenters. The zero-order chi connectivity index (χ0) is 18.4. The van der Waals surface area contributed by atoms with Crippen molar-refractivity contribution in [2.24, 2.45) is 0 Å². The van der Waals surface area contributed by atoms with Gasteiger partial charge in [-0.2, -0.15) is 18.4 Å². The standard InChI is InChI=1S/C19H19F3N2O/c1-3-17(18(12-23)24-2)13-9-14(19(20,21)22)11-16(10-13)25-15-7-5-4-6-8-15/h3,5,7,9-11,15,24H,1,4,6,8H2,2H3/b18-17+. The lowest BCUT2D eigenvalue weighted by Crippen LogP contribution is -2.16. The average Bonchev–Trinajstić information content (AvgIpc) is 2.59. The normalized spacial score (nSPS) is 18.1. The first kappa shape index (κ1) is 18.7. The molecule has 1 aliphatic carbocycles. The summed E-state index contributed by atoms with van der Waals surface area (Å²) in [5.74, 6) is 0.120. The van der Waals surface area contributed by atoms with Gasteiger partial charge in [0, 0.05) is 12.6 Å². The van der Waals surface area contributed by atoms with Gasteiger partial charge in [0.1, 0.15) is 23.6 Å². The van der Waals surface area contributed by atoms with Gasteiger partial charge in [0.2, 0.25) is 0 Å². The van der Waals surface area contributed by atoms with Crippen LogP contribution in [-0.2, 0) is 6.18 Å². The Morgan fingerprint density at radius 1 is 1.40 bits per heavy atom. The molecule has 25 heavy (non-hydrogen) atoms. The number of allylic oxidation sites excluding steroid dienone is 4. The summed E-state index contributed by atoms with van der Waals surface area (Å²) in [7, 11) is 1.53. The van der Waals surface area contributed by atoms with Crippen molar-refractivity contribution in [2.45, 2.75) is 31.5 Å². The molecule has 1 N–H and O–H groups in total. The van der Waals surface area contributed by atoms with E-state index >= 15 is 0 Å². The number of hydrogen-bond acceptors (Lipinski definition) is 3. The number of nitriles is 1. The molecule has 0 aromatic heterocycles. The van der Waals surface area contributed by atoms with Crippen molar-refractivity contribution >= 4 is 5.57 Å². The van der Waals surface area contributed by atoms with Crippen LogP contribution in [0.5, 0.6) is 5.75 Å². The topological polar surface area (TPSA) is 45.0 Å². The zero-order valence-corrected chi connectivity index (χ0v) is 13.9. The average molecular weight is 348 g/mol. The Labute approximate surface area is 145 Å². The highest BCUT2D eigenvalue weighted by molar-refractivity contribution is 5.79. The van der Waals surface area contributed by atoms with Gasteiger partial charge in [-0.15, -0.1) is 0 Å². The molecule has 1 aliphatic rings. The molecule has 1 aromatic rings. The molecule has 0 fully saturated rings. The van der Waals surface area contributed by atoms with E-state index < -0.39 is 11.7 Å². The minimum atomic E-state index is -4.52. The first-order chi connectivity index (χ1) is 11.9. The van der Waals surface area contributed by atoms with E-state index in [9.17, 15) is 13.2 Å². The molecule has 1 atom stereocenters. The van der Waals surface area contributed by atoms with Gasteiger partial charge in [0.15, 0.2) is 0 Å². The third kappa shape index (κ3) is 4.66. The van der Waals surface area contributed by atoms with Crippen molar-refractivity contribution in [1.82, 2.24) is 5.32 Å². The molecule has 0 saturated carbocycles. The maximum atomic E-state index is 13.3. The smallest absolute Gasteiger partial charge is 0.416 e. The van der Waals surface area contributed by atoms with Crippen LogP contribution < -0.4 is 10.1 Å². The van der Waals surface area contributed by atoms with E-state index in [2.05, 4.69) is 11.9 Å². The van der Waals surface area contributed by atoms with Crippen LogP contribution in [0.1, 0.15) is 30.4 Å². The first-order valence-corrected chi connectivity index (χ1v) is 7.89. The molecule has 0 amide bonds. The van der Waals surface area contributed by atoms with E-state index in [-0.39, 0.29) is 23.1 Å². The molecule has 132 valence electrons. The Morgan fingerprint density at radius 3 is 2.68 bits per heavy atom. The molecule has 0 bridgehead atoms. The molecule has 0 heterocycles. The Balaban J connectivity index is 2.52. The van der Waals surface area contributed by atoms with Crippen LogP contribution in [-0.4, -0.2) is 13.2 Å². The Morgan fingerprint density at radius 2 is 2.16 bits per heavy atom. The lowest BCUT2D eigenvalue weighted by molar-refractivity contribution is -0.137. The van der Waals surface area contributed by atoms with Crippen LogP contribution in [0.4, 0.5) is 13.2 Å². The fourth-order valence-corrected chi connectivity index (χ4v) is 2.66. The lowest BCUT2D eigenvalue weighted by Gasteiger charge is -2.20. The van der Waals surface area contributed by atoms with Crippen LogP contribution in [0.3, 0.4) is 0 Å². The minimum absolute atomic E-state index is 0.120. The summed E-state index contributed by atoms with van der Waals surface area (Å²) in [5.41, 5.74) is -0.170. The molecular formula is C19H19F3N2O. The molecule has 2 rings (SSSR count). The van der Waals surface area contributed by atoms with Crippen molar-refractivity contribution in [1.29, 1.82) is 5.26 Å². The van der Waals surface area contributed by atoms with Gasteiger partial charge >= 0.3 is 6.18 Å². The summed E-state index contributed by atoms with van der Waals surface area (Å²) in [5, 5.41) is 11.8. The fourth-order valence-electron chi connectivity index (χ4n) is 2.66. The molecule has 6 heteroatoms. The predicted molar refractivity (Wildman–Crippen MR) is 90.6 cm³/mol. The Hall–Kier alpha value is -2.68. The van der Waals surface area contributed by atoms with Gasteiger partial charge < -0.3 is 10.1 Å². The maximum Gasteiger partial charge on any atom is 0.416 e. The van der Waals surface area contributed by atoms with Crippen molar-refractivity contribution in [3.8, 4) is 11.8 Å². The number of benzene rings is 1. The predicted octanol–water partition coefficient (Wildman–Crippen LogP) is 4.83. The zero-order valence-electron chi connectivity index (χ0n) is 13.9. The number of hydrogen-bond donors (Lipinski definition) is 1. The monoisotopic (exact) mass is 348 g/mol. The van der Waals surface area contributed by atoms with Crippen LogP contribution in [0, 0.1) is 11.3 Å². The van der Waals surface area contributed by atoms with Crippen molar-refractivity contribution < 1.29 is 17.9 Å². The van der Waals surface area contributed by atoms with Gasteiger partial charge in [0.05, 0.1) is 5.56 Å². The Bertz CT molecular complexity index is 742. The summed E-state index contributed by atoms with van der Waals surface area (Å²) in [6.07, 6.45) is 3.06. The van der Waals surface area contributed by atoms with E-state index in [1.165, 1.54) is 19.2 Å². The Kier molecular flexibility index (Phi) is 5.92. The second-order valence-corrected chi connectivity index (χ2v) is 5.61.